The Morgan fingerprint density at radius 3 is 2.16 bits per heavy atom. The number of hydrogen-bond acceptors (Lipinski definition) is 2. The van der Waals surface area contributed by atoms with Crippen LogP contribution in [0.4, 0.5) is 18.9 Å². The fourth-order valence-corrected chi connectivity index (χ4v) is 2.39. The fourth-order valence-electron chi connectivity index (χ4n) is 2.39. The lowest BCUT2D eigenvalue weighted by Gasteiger charge is -2.07. The Morgan fingerprint density at radius 2 is 1.60 bits per heavy atom. The van der Waals surface area contributed by atoms with Crippen LogP contribution < -0.4 is 5.32 Å². The molecule has 25 heavy (non-hydrogen) atoms. The van der Waals surface area contributed by atoms with Crippen LogP contribution in [0, 0.1) is 0 Å². The van der Waals surface area contributed by atoms with Gasteiger partial charge in [0.25, 0.3) is 5.91 Å². The largest absolute Gasteiger partial charge is 0.435 e. The molecule has 3 aromatic rings. The summed E-state index contributed by atoms with van der Waals surface area (Å²) in [4.78, 5) is 12.2. The molecule has 3 rings (SSSR count). The molecule has 4 nitrogen and oxygen atoms in total. The highest BCUT2D eigenvalue weighted by molar-refractivity contribution is 6.03. The summed E-state index contributed by atoms with van der Waals surface area (Å²) in [5.74, 6) is -0.655. The van der Waals surface area contributed by atoms with Crippen molar-refractivity contribution in [3.63, 3.8) is 0 Å². The maximum absolute atomic E-state index is 12.7. The van der Waals surface area contributed by atoms with Crippen LogP contribution in [-0.4, -0.2) is 15.7 Å². The first kappa shape index (κ1) is 16.8. The fraction of sp³-hybridized carbons (Fsp3) is 0.111. The van der Waals surface area contributed by atoms with Gasteiger partial charge in [-0.3, -0.25) is 9.48 Å². The van der Waals surface area contributed by atoms with Crippen LogP contribution in [0.2, 0.25) is 0 Å². The van der Waals surface area contributed by atoms with Crippen LogP contribution in [0.25, 0.3) is 11.1 Å². The molecule has 0 saturated heterocycles. The lowest BCUT2D eigenvalue weighted by Crippen LogP contribution is -2.15. The van der Waals surface area contributed by atoms with E-state index in [9.17, 15) is 18.0 Å². The topological polar surface area (TPSA) is 46.9 Å². The molecule has 0 atom stereocenters. The van der Waals surface area contributed by atoms with Crippen LogP contribution >= 0.6 is 0 Å². The predicted octanol–water partition coefficient (Wildman–Crippen LogP) is 4.36. The van der Waals surface area contributed by atoms with Crippen LogP contribution in [0.5, 0.6) is 0 Å². The van der Waals surface area contributed by atoms with E-state index >= 15 is 0 Å². The maximum Gasteiger partial charge on any atom is 0.435 e. The van der Waals surface area contributed by atoms with Gasteiger partial charge in [-0.15, -0.1) is 0 Å². The number of benzene rings is 2. The first-order valence-electron chi connectivity index (χ1n) is 7.42. The quantitative estimate of drug-likeness (QED) is 0.767. The van der Waals surface area contributed by atoms with Crippen molar-refractivity contribution < 1.29 is 18.0 Å². The van der Waals surface area contributed by atoms with Crippen molar-refractivity contribution in [1.29, 1.82) is 0 Å². The van der Waals surface area contributed by atoms with Crippen molar-refractivity contribution in [2.24, 2.45) is 7.05 Å². The molecule has 0 radical (unpaired) electrons. The molecule has 7 heteroatoms. The number of nitrogens with one attached hydrogen (secondary N) is 1. The molecule has 0 fully saturated rings. The highest BCUT2D eigenvalue weighted by atomic mass is 19.4. The number of alkyl halides is 3. The second kappa shape index (κ2) is 6.43. The molecule has 1 heterocycles. The highest BCUT2D eigenvalue weighted by Gasteiger charge is 2.35. The molecule has 2 aromatic carbocycles. The lowest BCUT2D eigenvalue weighted by molar-refractivity contribution is -0.141. The molecule has 0 unspecified atom stereocenters. The molecule has 128 valence electrons. The first-order valence-corrected chi connectivity index (χ1v) is 7.42. The van der Waals surface area contributed by atoms with Crippen molar-refractivity contribution in [3.8, 4) is 11.1 Å². The number of hydrogen-bond donors (Lipinski definition) is 1. The highest BCUT2D eigenvalue weighted by Crippen LogP contribution is 2.28. The maximum atomic E-state index is 12.7. The molecule has 0 bridgehead atoms. The Hall–Kier alpha value is -3.09. The second-order valence-electron chi connectivity index (χ2n) is 5.43. The first-order chi connectivity index (χ1) is 11.8. The van der Waals surface area contributed by atoms with E-state index in [2.05, 4.69) is 10.4 Å². The number of amides is 1. The summed E-state index contributed by atoms with van der Waals surface area (Å²) >= 11 is 0. The molecule has 0 aliphatic carbocycles. The van der Waals surface area contributed by atoms with Crippen LogP contribution in [0.3, 0.4) is 0 Å². The van der Waals surface area contributed by atoms with Crippen LogP contribution in [-0.2, 0) is 13.2 Å². The number of halogens is 3. The zero-order valence-electron chi connectivity index (χ0n) is 13.2. The van der Waals surface area contributed by atoms with E-state index < -0.39 is 17.8 Å². The lowest BCUT2D eigenvalue weighted by atomic mass is 10.1. The third-order valence-electron chi connectivity index (χ3n) is 3.65. The molecule has 1 aromatic heterocycles. The number of anilines is 1. The monoisotopic (exact) mass is 345 g/mol. The van der Waals surface area contributed by atoms with Gasteiger partial charge < -0.3 is 5.32 Å². The number of aryl methyl sites for hydroxylation is 1. The second-order valence-corrected chi connectivity index (χ2v) is 5.43. The minimum Gasteiger partial charge on any atom is -0.321 e. The Morgan fingerprint density at radius 1 is 1.00 bits per heavy atom. The van der Waals surface area contributed by atoms with E-state index in [-0.39, 0.29) is 5.69 Å². The van der Waals surface area contributed by atoms with Gasteiger partial charge in [0.2, 0.25) is 0 Å². The summed E-state index contributed by atoms with van der Waals surface area (Å²) in [6.45, 7) is 0. The van der Waals surface area contributed by atoms with Gasteiger partial charge in [0, 0.05) is 18.8 Å². The average molecular weight is 345 g/mol. The number of nitrogens with zero attached hydrogens (tertiary/aromatic N) is 2. The smallest absolute Gasteiger partial charge is 0.321 e. The molecular weight excluding hydrogens is 331 g/mol. The summed E-state index contributed by atoms with van der Waals surface area (Å²) in [5, 5.41) is 5.90. The zero-order chi connectivity index (χ0) is 18.0. The van der Waals surface area contributed by atoms with E-state index in [4.69, 9.17) is 0 Å². The van der Waals surface area contributed by atoms with Crippen LogP contribution in [0.15, 0.2) is 60.7 Å². The standard InChI is InChI=1S/C18H14F3N3O/c1-24-15(11-16(23-24)18(19,20)21)17(25)22-14-9-7-13(8-10-14)12-5-3-2-4-6-12/h2-11H,1H3,(H,22,25). The van der Waals surface area contributed by atoms with Crippen molar-refractivity contribution >= 4 is 11.6 Å². The third kappa shape index (κ3) is 3.71. The van der Waals surface area contributed by atoms with Gasteiger partial charge in [0.15, 0.2) is 5.69 Å². The Labute approximate surface area is 141 Å². The average Bonchev–Trinajstić information content (AvgIpc) is 2.99. The van der Waals surface area contributed by atoms with Gasteiger partial charge in [-0.2, -0.15) is 18.3 Å². The van der Waals surface area contributed by atoms with Gasteiger partial charge in [-0.05, 0) is 23.3 Å². The summed E-state index contributed by atoms with van der Waals surface area (Å²) in [6, 6.07) is 17.5. The number of aromatic nitrogens is 2. The summed E-state index contributed by atoms with van der Waals surface area (Å²) in [5.41, 5.74) is 1.22. The minimum absolute atomic E-state index is 0.167. The normalized spacial score (nSPS) is 11.4. The number of carbonyl (C=O) groups excluding carboxylic acids is 1. The van der Waals surface area contributed by atoms with Crippen molar-refractivity contribution in [2.75, 3.05) is 5.32 Å². The summed E-state index contributed by atoms with van der Waals surface area (Å²) < 4.78 is 38.9. The van der Waals surface area contributed by atoms with E-state index in [1.165, 1.54) is 7.05 Å². The molecule has 0 aliphatic rings. The van der Waals surface area contributed by atoms with E-state index in [0.717, 1.165) is 21.9 Å². The molecule has 0 aliphatic heterocycles. The van der Waals surface area contributed by atoms with Crippen LogP contribution in [0.1, 0.15) is 16.2 Å². The van der Waals surface area contributed by atoms with Crippen molar-refractivity contribution in [1.82, 2.24) is 9.78 Å². The van der Waals surface area contributed by atoms with Gasteiger partial charge in [0.1, 0.15) is 5.69 Å². The Balaban J connectivity index is 1.77. The molecule has 0 saturated carbocycles. The van der Waals surface area contributed by atoms with Crippen molar-refractivity contribution in [3.05, 3.63) is 72.1 Å². The van der Waals surface area contributed by atoms with Gasteiger partial charge in [0.05, 0.1) is 0 Å². The Kier molecular flexibility index (Phi) is 4.31. The zero-order valence-corrected chi connectivity index (χ0v) is 13.2. The molecule has 1 N–H and O–H groups in total. The number of rotatable bonds is 3. The summed E-state index contributed by atoms with van der Waals surface area (Å²) in [7, 11) is 1.29. The van der Waals surface area contributed by atoms with Gasteiger partial charge >= 0.3 is 6.18 Å². The SMILES string of the molecule is Cn1nc(C(F)(F)F)cc1C(=O)Nc1ccc(-c2ccccc2)cc1. The van der Waals surface area contributed by atoms with Crippen molar-refractivity contribution in [2.45, 2.75) is 6.18 Å². The minimum atomic E-state index is -4.59. The third-order valence-corrected chi connectivity index (χ3v) is 3.65. The van der Waals surface area contributed by atoms with Gasteiger partial charge in [-0.25, -0.2) is 0 Å². The molecule has 1 amide bonds. The summed E-state index contributed by atoms with van der Waals surface area (Å²) in [6.07, 6.45) is -4.59. The van der Waals surface area contributed by atoms with E-state index in [1.807, 2.05) is 42.5 Å². The van der Waals surface area contributed by atoms with Gasteiger partial charge in [-0.1, -0.05) is 42.5 Å². The van der Waals surface area contributed by atoms with E-state index in [1.54, 1.807) is 12.1 Å². The Bertz CT molecular complexity index is 884. The molecule has 0 spiro atoms. The number of carbonyl (C=O) groups is 1. The molecular formula is C18H14F3N3O. The van der Waals surface area contributed by atoms with E-state index in [0.29, 0.717) is 5.69 Å². The predicted molar refractivity (Wildman–Crippen MR) is 88.0 cm³/mol.